The molecule has 21 heavy (non-hydrogen) atoms. The third kappa shape index (κ3) is 2.54. The number of hydrogen-bond acceptors (Lipinski definition) is 2. The molecule has 0 bridgehead atoms. The van der Waals surface area contributed by atoms with E-state index in [1.807, 2.05) is 30.0 Å². The summed E-state index contributed by atoms with van der Waals surface area (Å²) >= 11 is 2.01. The van der Waals surface area contributed by atoms with E-state index in [-0.39, 0.29) is 0 Å². The summed E-state index contributed by atoms with van der Waals surface area (Å²) in [5.74, 6) is 3.28. The van der Waals surface area contributed by atoms with Gasteiger partial charge in [0, 0.05) is 22.3 Å². The van der Waals surface area contributed by atoms with Crippen molar-refractivity contribution in [2.45, 2.75) is 18.8 Å². The zero-order chi connectivity index (χ0) is 14.1. The molecule has 0 amide bonds. The van der Waals surface area contributed by atoms with Gasteiger partial charge in [-0.3, -0.25) is 0 Å². The molecule has 0 unspecified atom stereocenters. The van der Waals surface area contributed by atoms with Crippen molar-refractivity contribution < 1.29 is 4.74 Å². The SMILES string of the molecule is c1ccc(COc2ccc3[nH]c4c(c3c2)CSCC4)cc1. The number of nitrogens with one attached hydrogen (secondary N) is 1. The molecule has 0 atom stereocenters. The Morgan fingerprint density at radius 2 is 2.00 bits per heavy atom. The maximum Gasteiger partial charge on any atom is 0.120 e. The number of ether oxygens (including phenoxy) is 1. The molecule has 0 saturated heterocycles. The molecule has 0 fully saturated rings. The minimum atomic E-state index is 0.619. The first kappa shape index (κ1) is 12.8. The Kier molecular flexibility index (Phi) is 3.36. The Balaban J connectivity index is 1.61. The number of fused-ring (bicyclic) bond motifs is 3. The Bertz CT molecular complexity index is 763. The van der Waals surface area contributed by atoms with Gasteiger partial charge in [-0.2, -0.15) is 11.8 Å². The van der Waals surface area contributed by atoms with Crippen LogP contribution in [0.5, 0.6) is 5.75 Å². The van der Waals surface area contributed by atoms with E-state index >= 15 is 0 Å². The third-order valence-electron chi connectivity index (χ3n) is 3.96. The molecular formula is C18H17NOS. The molecule has 106 valence electrons. The van der Waals surface area contributed by atoms with Gasteiger partial charge in [-0.15, -0.1) is 0 Å². The standard InChI is InChI=1S/C18H17NOS/c1-2-4-13(5-3-1)11-20-14-6-7-17-15(10-14)16-12-21-9-8-18(16)19-17/h1-7,10,19H,8-9,11-12H2. The van der Waals surface area contributed by atoms with Gasteiger partial charge in [0.15, 0.2) is 0 Å². The number of hydrogen-bond donors (Lipinski definition) is 1. The summed E-state index contributed by atoms with van der Waals surface area (Å²) in [5.41, 5.74) is 5.30. The molecule has 1 aliphatic heterocycles. The first-order chi connectivity index (χ1) is 10.4. The van der Waals surface area contributed by atoms with Gasteiger partial charge in [-0.1, -0.05) is 30.3 Å². The smallest absolute Gasteiger partial charge is 0.120 e. The van der Waals surface area contributed by atoms with Gasteiger partial charge in [0.1, 0.15) is 12.4 Å². The Morgan fingerprint density at radius 1 is 1.10 bits per heavy atom. The summed E-state index contributed by atoms with van der Waals surface area (Å²) in [6.07, 6.45) is 1.15. The molecule has 2 nitrogen and oxygen atoms in total. The summed E-state index contributed by atoms with van der Waals surface area (Å²) < 4.78 is 5.94. The highest BCUT2D eigenvalue weighted by molar-refractivity contribution is 7.98. The number of H-pyrrole nitrogens is 1. The van der Waals surface area contributed by atoms with Crippen molar-refractivity contribution in [3.8, 4) is 5.75 Å². The van der Waals surface area contributed by atoms with Gasteiger partial charge in [-0.05, 0) is 41.5 Å². The fraction of sp³-hybridized carbons (Fsp3) is 0.222. The van der Waals surface area contributed by atoms with E-state index in [2.05, 4.69) is 35.3 Å². The summed E-state index contributed by atoms with van der Waals surface area (Å²) in [4.78, 5) is 3.55. The minimum absolute atomic E-state index is 0.619. The fourth-order valence-corrected chi connectivity index (χ4v) is 3.87. The highest BCUT2D eigenvalue weighted by Gasteiger charge is 2.15. The number of rotatable bonds is 3. The molecule has 1 aromatic heterocycles. The number of aromatic amines is 1. The molecule has 4 rings (SSSR count). The third-order valence-corrected chi connectivity index (χ3v) is 4.94. The first-order valence-electron chi connectivity index (χ1n) is 7.28. The van der Waals surface area contributed by atoms with Crippen LogP contribution in [0.25, 0.3) is 10.9 Å². The van der Waals surface area contributed by atoms with Crippen LogP contribution in [0.15, 0.2) is 48.5 Å². The zero-order valence-electron chi connectivity index (χ0n) is 11.8. The lowest BCUT2D eigenvalue weighted by molar-refractivity contribution is 0.306. The van der Waals surface area contributed by atoms with Gasteiger partial charge < -0.3 is 9.72 Å². The summed E-state index contributed by atoms with van der Waals surface area (Å²) in [6.45, 7) is 0.619. The van der Waals surface area contributed by atoms with Gasteiger partial charge >= 0.3 is 0 Å². The second-order valence-corrected chi connectivity index (χ2v) is 6.47. The predicted octanol–water partition coefficient (Wildman–Crippen LogP) is 4.54. The van der Waals surface area contributed by atoms with Crippen molar-refractivity contribution in [1.29, 1.82) is 0 Å². The average Bonchev–Trinajstić information content (AvgIpc) is 2.92. The van der Waals surface area contributed by atoms with Gasteiger partial charge in [0.25, 0.3) is 0 Å². The maximum absolute atomic E-state index is 5.94. The fourth-order valence-electron chi connectivity index (χ4n) is 2.84. The minimum Gasteiger partial charge on any atom is -0.489 e. The predicted molar refractivity (Wildman–Crippen MR) is 88.9 cm³/mol. The highest BCUT2D eigenvalue weighted by Crippen LogP contribution is 2.33. The van der Waals surface area contributed by atoms with E-state index in [0.717, 1.165) is 17.9 Å². The summed E-state index contributed by atoms with van der Waals surface area (Å²) in [7, 11) is 0. The summed E-state index contributed by atoms with van der Waals surface area (Å²) in [5, 5.41) is 1.32. The zero-order valence-corrected chi connectivity index (χ0v) is 12.6. The van der Waals surface area contributed by atoms with Crippen LogP contribution in [-0.4, -0.2) is 10.7 Å². The van der Waals surface area contributed by atoms with Gasteiger partial charge in [-0.25, -0.2) is 0 Å². The molecule has 3 heteroatoms. The Labute approximate surface area is 128 Å². The second-order valence-electron chi connectivity index (χ2n) is 5.37. The van der Waals surface area contributed by atoms with E-state index in [9.17, 15) is 0 Å². The molecular weight excluding hydrogens is 278 g/mol. The van der Waals surface area contributed by atoms with Crippen molar-refractivity contribution in [3.05, 3.63) is 65.4 Å². The van der Waals surface area contributed by atoms with Crippen LogP contribution in [0.4, 0.5) is 0 Å². The van der Waals surface area contributed by atoms with Crippen molar-refractivity contribution in [3.63, 3.8) is 0 Å². The molecule has 1 aliphatic rings. The quantitative estimate of drug-likeness (QED) is 0.767. The first-order valence-corrected chi connectivity index (χ1v) is 8.43. The number of aryl methyl sites for hydroxylation is 1. The van der Waals surface area contributed by atoms with E-state index in [1.165, 1.54) is 33.5 Å². The number of aromatic nitrogens is 1. The maximum atomic E-state index is 5.94. The summed E-state index contributed by atoms with van der Waals surface area (Å²) in [6, 6.07) is 16.7. The number of benzene rings is 2. The Morgan fingerprint density at radius 3 is 2.90 bits per heavy atom. The van der Waals surface area contributed by atoms with Crippen LogP contribution in [0.3, 0.4) is 0 Å². The molecule has 0 aliphatic carbocycles. The average molecular weight is 295 g/mol. The van der Waals surface area contributed by atoms with E-state index in [4.69, 9.17) is 4.74 Å². The largest absolute Gasteiger partial charge is 0.489 e. The van der Waals surface area contributed by atoms with Crippen LogP contribution >= 0.6 is 11.8 Å². The molecule has 0 spiro atoms. The van der Waals surface area contributed by atoms with Crippen molar-refractivity contribution in [1.82, 2.24) is 4.98 Å². The second kappa shape index (κ2) is 5.49. The van der Waals surface area contributed by atoms with Crippen molar-refractivity contribution >= 4 is 22.7 Å². The van der Waals surface area contributed by atoms with E-state index < -0.39 is 0 Å². The molecule has 3 aromatic rings. The molecule has 1 N–H and O–H groups in total. The lowest BCUT2D eigenvalue weighted by Gasteiger charge is -2.10. The van der Waals surface area contributed by atoms with E-state index in [0.29, 0.717) is 6.61 Å². The monoisotopic (exact) mass is 295 g/mol. The lowest BCUT2D eigenvalue weighted by Crippen LogP contribution is -2.00. The number of thioether (sulfide) groups is 1. The molecule has 2 aromatic carbocycles. The van der Waals surface area contributed by atoms with Crippen LogP contribution in [0.1, 0.15) is 16.8 Å². The molecule has 0 saturated carbocycles. The van der Waals surface area contributed by atoms with Crippen LogP contribution in [0, 0.1) is 0 Å². The van der Waals surface area contributed by atoms with Crippen LogP contribution < -0.4 is 4.74 Å². The van der Waals surface area contributed by atoms with Gasteiger partial charge in [0.05, 0.1) is 0 Å². The molecule has 0 radical (unpaired) electrons. The topological polar surface area (TPSA) is 25.0 Å². The normalized spacial score (nSPS) is 14.1. The highest BCUT2D eigenvalue weighted by atomic mass is 32.2. The van der Waals surface area contributed by atoms with Crippen molar-refractivity contribution in [2.75, 3.05) is 5.75 Å². The van der Waals surface area contributed by atoms with Crippen LogP contribution in [-0.2, 0) is 18.8 Å². The Hall–Kier alpha value is -1.87. The molecule has 2 heterocycles. The van der Waals surface area contributed by atoms with Crippen LogP contribution in [0.2, 0.25) is 0 Å². The lowest BCUT2D eigenvalue weighted by atomic mass is 10.1. The van der Waals surface area contributed by atoms with Gasteiger partial charge in [0.2, 0.25) is 0 Å². The van der Waals surface area contributed by atoms with E-state index in [1.54, 1.807) is 0 Å². The van der Waals surface area contributed by atoms with Crippen molar-refractivity contribution in [2.24, 2.45) is 0 Å².